The van der Waals surface area contributed by atoms with E-state index in [0.717, 1.165) is 31.4 Å². The van der Waals surface area contributed by atoms with Crippen molar-refractivity contribution in [1.29, 1.82) is 0 Å². The zero-order chi connectivity index (χ0) is 12.8. The van der Waals surface area contributed by atoms with Crippen LogP contribution in [0.5, 0.6) is 0 Å². The molecular formula is C14H20ClNO2. The van der Waals surface area contributed by atoms with E-state index >= 15 is 0 Å². The van der Waals surface area contributed by atoms with Gasteiger partial charge in [-0.15, -0.1) is 0 Å². The highest BCUT2D eigenvalue weighted by atomic mass is 35.5. The molecule has 0 spiro atoms. The molecule has 2 rings (SSSR count). The van der Waals surface area contributed by atoms with Crippen molar-refractivity contribution >= 4 is 11.6 Å². The largest absolute Gasteiger partial charge is 0.393 e. The minimum Gasteiger partial charge on any atom is -0.393 e. The van der Waals surface area contributed by atoms with Crippen LogP contribution in [0.3, 0.4) is 0 Å². The Bertz CT molecular complexity index is 367. The van der Waals surface area contributed by atoms with E-state index in [4.69, 9.17) is 16.3 Å². The molecular weight excluding hydrogens is 250 g/mol. The van der Waals surface area contributed by atoms with Crippen LogP contribution in [0, 0.1) is 0 Å². The Kier molecular flexibility index (Phi) is 5.42. The third kappa shape index (κ3) is 4.23. The van der Waals surface area contributed by atoms with Crippen molar-refractivity contribution in [3.8, 4) is 0 Å². The fourth-order valence-corrected chi connectivity index (χ4v) is 2.54. The SMILES string of the molecule is OC(CCC1CCCCO1)Cc1ccncc1Cl. The molecule has 4 heteroatoms. The predicted octanol–water partition coefficient (Wildman–Crippen LogP) is 2.99. The molecule has 1 aliphatic heterocycles. The second kappa shape index (κ2) is 7.07. The number of halogens is 1. The summed E-state index contributed by atoms with van der Waals surface area (Å²) in [6, 6.07) is 1.86. The minimum atomic E-state index is -0.351. The Morgan fingerprint density at radius 1 is 1.50 bits per heavy atom. The van der Waals surface area contributed by atoms with Gasteiger partial charge in [-0.1, -0.05) is 11.6 Å². The molecule has 1 aliphatic rings. The van der Waals surface area contributed by atoms with Crippen molar-refractivity contribution < 1.29 is 9.84 Å². The molecule has 0 radical (unpaired) electrons. The van der Waals surface area contributed by atoms with E-state index in [1.807, 2.05) is 6.07 Å². The molecule has 1 N–H and O–H groups in total. The Hall–Kier alpha value is -0.640. The maximum Gasteiger partial charge on any atom is 0.0622 e. The van der Waals surface area contributed by atoms with Gasteiger partial charge in [-0.3, -0.25) is 4.98 Å². The number of rotatable bonds is 5. The van der Waals surface area contributed by atoms with Crippen molar-refractivity contribution in [2.75, 3.05) is 6.61 Å². The first-order valence-electron chi connectivity index (χ1n) is 6.64. The average Bonchev–Trinajstić information content (AvgIpc) is 2.40. The molecule has 1 aromatic heterocycles. The molecule has 0 bridgehead atoms. The summed E-state index contributed by atoms with van der Waals surface area (Å²) in [5.74, 6) is 0. The van der Waals surface area contributed by atoms with Gasteiger partial charge in [-0.2, -0.15) is 0 Å². The number of pyridine rings is 1. The molecule has 2 heterocycles. The third-order valence-electron chi connectivity index (χ3n) is 3.41. The lowest BCUT2D eigenvalue weighted by molar-refractivity contribution is 0.00234. The lowest BCUT2D eigenvalue weighted by Crippen LogP contribution is -2.21. The van der Waals surface area contributed by atoms with Gasteiger partial charge in [0, 0.05) is 19.0 Å². The van der Waals surface area contributed by atoms with Crippen LogP contribution < -0.4 is 0 Å². The molecule has 0 amide bonds. The Balaban J connectivity index is 1.74. The third-order valence-corrected chi connectivity index (χ3v) is 3.75. The van der Waals surface area contributed by atoms with E-state index in [-0.39, 0.29) is 6.10 Å². The molecule has 1 fully saturated rings. The number of aliphatic hydroxyl groups is 1. The number of nitrogens with zero attached hydrogens (tertiary/aromatic N) is 1. The van der Waals surface area contributed by atoms with Crippen LogP contribution in [0.15, 0.2) is 18.5 Å². The summed E-state index contributed by atoms with van der Waals surface area (Å²) >= 11 is 6.02. The van der Waals surface area contributed by atoms with E-state index < -0.39 is 0 Å². The van der Waals surface area contributed by atoms with Gasteiger partial charge in [0.1, 0.15) is 0 Å². The van der Waals surface area contributed by atoms with Crippen molar-refractivity contribution in [2.45, 2.75) is 50.7 Å². The van der Waals surface area contributed by atoms with Gasteiger partial charge >= 0.3 is 0 Å². The van der Waals surface area contributed by atoms with Gasteiger partial charge in [0.05, 0.1) is 17.2 Å². The van der Waals surface area contributed by atoms with Gasteiger partial charge in [-0.25, -0.2) is 0 Å². The Labute approximate surface area is 113 Å². The normalized spacial score (nSPS) is 21.8. The first-order chi connectivity index (χ1) is 8.75. The molecule has 2 unspecified atom stereocenters. The fraction of sp³-hybridized carbons (Fsp3) is 0.643. The van der Waals surface area contributed by atoms with E-state index in [9.17, 15) is 5.11 Å². The summed E-state index contributed by atoms with van der Waals surface area (Å²) < 4.78 is 5.66. The van der Waals surface area contributed by atoms with E-state index in [0.29, 0.717) is 17.5 Å². The summed E-state index contributed by atoms with van der Waals surface area (Å²) in [7, 11) is 0. The van der Waals surface area contributed by atoms with Crippen molar-refractivity contribution in [3.05, 3.63) is 29.0 Å². The first kappa shape index (κ1) is 13.8. The number of hydrogen-bond acceptors (Lipinski definition) is 3. The van der Waals surface area contributed by atoms with E-state index in [1.54, 1.807) is 12.4 Å². The zero-order valence-corrected chi connectivity index (χ0v) is 11.3. The number of ether oxygens (including phenoxy) is 1. The Morgan fingerprint density at radius 3 is 3.11 bits per heavy atom. The molecule has 1 aromatic rings. The van der Waals surface area contributed by atoms with Gasteiger partial charge < -0.3 is 9.84 Å². The Morgan fingerprint density at radius 2 is 2.39 bits per heavy atom. The van der Waals surface area contributed by atoms with E-state index in [2.05, 4.69) is 4.98 Å². The second-order valence-electron chi connectivity index (χ2n) is 4.89. The van der Waals surface area contributed by atoms with Gasteiger partial charge in [0.25, 0.3) is 0 Å². The van der Waals surface area contributed by atoms with Crippen LogP contribution in [-0.2, 0) is 11.2 Å². The van der Waals surface area contributed by atoms with Gasteiger partial charge in [0.2, 0.25) is 0 Å². The standard InChI is InChI=1S/C14H20ClNO2/c15-14-10-16-7-6-11(14)9-12(17)4-5-13-3-1-2-8-18-13/h6-7,10,12-13,17H,1-5,8-9H2. The highest BCUT2D eigenvalue weighted by Gasteiger charge is 2.16. The predicted molar refractivity (Wildman–Crippen MR) is 71.8 cm³/mol. The fourth-order valence-electron chi connectivity index (χ4n) is 2.34. The summed E-state index contributed by atoms with van der Waals surface area (Å²) in [6.45, 7) is 0.872. The van der Waals surface area contributed by atoms with Crippen LogP contribution in [0.25, 0.3) is 0 Å². The monoisotopic (exact) mass is 269 g/mol. The quantitative estimate of drug-likeness (QED) is 0.894. The summed E-state index contributed by atoms with van der Waals surface area (Å²) in [5.41, 5.74) is 0.962. The lowest BCUT2D eigenvalue weighted by Gasteiger charge is -2.23. The highest BCUT2D eigenvalue weighted by Crippen LogP contribution is 2.20. The smallest absolute Gasteiger partial charge is 0.0622 e. The topological polar surface area (TPSA) is 42.4 Å². The number of aromatic nitrogens is 1. The molecule has 0 saturated carbocycles. The molecule has 0 aliphatic carbocycles. The summed E-state index contributed by atoms with van der Waals surface area (Å²) in [6.07, 6.45) is 9.15. The van der Waals surface area contributed by atoms with E-state index in [1.165, 1.54) is 12.8 Å². The van der Waals surface area contributed by atoms with Crippen molar-refractivity contribution in [2.24, 2.45) is 0 Å². The first-order valence-corrected chi connectivity index (χ1v) is 7.01. The van der Waals surface area contributed by atoms with Gasteiger partial charge in [-0.05, 0) is 50.2 Å². The maximum atomic E-state index is 10.0. The molecule has 3 nitrogen and oxygen atoms in total. The van der Waals surface area contributed by atoms with Crippen LogP contribution in [0.2, 0.25) is 5.02 Å². The van der Waals surface area contributed by atoms with Crippen LogP contribution >= 0.6 is 11.6 Å². The number of hydrogen-bond donors (Lipinski definition) is 1. The minimum absolute atomic E-state index is 0.335. The molecule has 100 valence electrons. The second-order valence-corrected chi connectivity index (χ2v) is 5.30. The lowest BCUT2D eigenvalue weighted by atomic mass is 9.99. The number of aliphatic hydroxyl groups excluding tert-OH is 1. The summed E-state index contributed by atoms with van der Waals surface area (Å²) in [5, 5.41) is 10.7. The van der Waals surface area contributed by atoms with Crippen LogP contribution in [0.4, 0.5) is 0 Å². The van der Waals surface area contributed by atoms with Crippen LogP contribution in [-0.4, -0.2) is 28.9 Å². The molecule has 1 saturated heterocycles. The zero-order valence-electron chi connectivity index (χ0n) is 10.5. The highest BCUT2D eigenvalue weighted by molar-refractivity contribution is 6.31. The summed E-state index contributed by atoms with van der Waals surface area (Å²) in [4.78, 5) is 3.94. The molecule has 0 aromatic carbocycles. The average molecular weight is 270 g/mol. The molecule has 18 heavy (non-hydrogen) atoms. The van der Waals surface area contributed by atoms with Crippen LogP contribution in [0.1, 0.15) is 37.7 Å². The molecule has 2 atom stereocenters. The van der Waals surface area contributed by atoms with Crippen molar-refractivity contribution in [1.82, 2.24) is 4.98 Å². The van der Waals surface area contributed by atoms with Crippen molar-refractivity contribution in [3.63, 3.8) is 0 Å². The maximum absolute atomic E-state index is 10.0. The van der Waals surface area contributed by atoms with Gasteiger partial charge in [0.15, 0.2) is 0 Å².